The molecule has 0 atom stereocenters. The fourth-order valence-corrected chi connectivity index (χ4v) is 1.69. The van der Waals surface area contributed by atoms with Gasteiger partial charge in [0.2, 0.25) is 0 Å². The number of benzene rings is 1. The molecule has 1 rings (SSSR count). The van der Waals surface area contributed by atoms with Crippen LogP contribution in [0, 0.1) is 11.3 Å². The Morgan fingerprint density at radius 1 is 1.37 bits per heavy atom. The minimum atomic E-state index is -4.90. The van der Waals surface area contributed by atoms with Crippen molar-refractivity contribution in [2.45, 2.75) is 6.36 Å². The molecular formula is C11H8F3NO3S. The van der Waals surface area contributed by atoms with E-state index in [4.69, 9.17) is 5.26 Å². The molecule has 0 aromatic heterocycles. The third-order valence-electron chi connectivity index (χ3n) is 1.94. The molecule has 0 fully saturated rings. The molecule has 0 saturated carbocycles. The second-order valence-corrected chi connectivity index (χ2v) is 5.46. The third-order valence-corrected chi connectivity index (χ3v) is 2.95. The van der Waals surface area contributed by atoms with E-state index in [1.165, 1.54) is 24.3 Å². The van der Waals surface area contributed by atoms with Crippen LogP contribution in [-0.4, -0.2) is 21.0 Å². The number of alkyl halides is 3. The lowest BCUT2D eigenvalue weighted by Crippen LogP contribution is -2.17. The maximum atomic E-state index is 12.1. The average molecular weight is 291 g/mol. The Kier molecular flexibility index (Phi) is 4.21. The van der Waals surface area contributed by atoms with Crippen LogP contribution in [0.3, 0.4) is 0 Å². The number of sulfone groups is 1. The number of nitriles is 1. The summed E-state index contributed by atoms with van der Waals surface area (Å²) in [5.41, 5.74) is -0.151. The van der Waals surface area contributed by atoms with Gasteiger partial charge in [0.25, 0.3) is 0 Å². The van der Waals surface area contributed by atoms with Crippen LogP contribution < -0.4 is 4.74 Å². The Labute approximate surface area is 107 Å². The number of hydrogen-bond donors (Lipinski definition) is 0. The van der Waals surface area contributed by atoms with Crippen molar-refractivity contribution in [3.63, 3.8) is 0 Å². The maximum absolute atomic E-state index is 12.1. The van der Waals surface area contributed by atoms with Crippen molar-refractivity contribution in [2.75, 3.05) is 6.26 Å². The van der Waals surface area contributed by atoms with Crippen LogP contribution in [0.1, 0.15) is 5.56 Å². The summed E-state index contributed by atoms with van der Waals surface area (Å²) in [6.07, 6.45) is -3.28. The molecule has 0 radical (unpaired) electrons. The monoisotopic (exact) mass is 291 g/mol. The number of rotatable bonds is 3. The van der Waals surface area contributed by atoms with Gasteiger partial charge in [0.05, 0.1) is 0 Å². The molecule has 1 aromatic rings. The van der Waals surface area contributed by atoms with Crippen molar-refractivity contribution < 1.29 is 26.3 Å². The molecule has 0 aliphatic carbocycles. The van der Waals surface area contributed by atoms with Crippen LogP contribution in [0.15, 0.2) is 29.2 Å². The molecule has 0 saturated heterocycles. The molecule has 102 valence electrons. The van der Waals surface area contributed by atoms with E-state index in [1.54, 1.807) is 0 Å². The fraction of sp³-hybridized carbons (Fsp3) is 0.182. The maximum Gasteiger partial charge on any atom is 0.573 e. The normalized spacial score (nSPS) is 12.9. The van der Waals surface area contributed by atoms with E-state index >= 15 is 0 Å². The molecule has 8 heteroatoms. The summed E-state index contributed by atoms with van der Waals surface area (Å²) in [6.45, 7) is 0. The summed E-state index contributed by atoms with van der Waals surface area (Å²) in [6, 6.07) is 6.34. The molecule has 0 heterocycles. The SMILES string of the molecule is CS(=O)(=O)/C(C#N)=C/c1ccccc1OC(F)(F)F. The van der Waals surface area contributed by atoms with Crippen LogP contribution >= 0.6 is 0 Å². The lowest BCUT2D eigenvalue weighted by Gasteiger charge is -2.11. The molecule has 0 aliphatic heterocycles. The van der Waals surface area contributed by atoms with Crippen molar-refractivity contribution in [3.05, 3.63) is 34.7 Å². The highest BCUT2D eigenvalue weighted by Crippen LogP contribution is 2.28. The largest absolute Gasteiger partial charge is 0.573 e. The highest BCUT2D eigenvalue weighted by Gasteiger charge is 2.31. The van der Waals surface area contributed by atoms with Crippen molar-refractivity contribution in [1.29, 1.82) is 5.26 Å². The van der Waals surface area contributed by atoms with Crippen LogP contribution in [0.25, 0.3) is 6.08 Å². The standard InChI is InChI=1S/C11H8F3NO3S/c1-19(16,17)9(7-15)6-8-4-2-3-5-10(8)18-11(12,13)14/h2-6H,1H3/b9-6+. The van der Waals surface area contributed by atoms with E-state index in [0.717, 1.165) is 18.4 Å². The first-order valence-electron chi connectivity index (χ1n) is 4.80. The van der Waals surface area contributed by atoms with Gasteiger partial charge in [-0.1, -0.05) is 18.2 Å². The van der Waals surface area contributed by atoms with E-state index in [9.17, 15) is 21.6 Å². The van der Waals surface area contributed by atoms with Gasteiger partial charge in [-0.2, -0.15) is 5.26 Å². The van der Waals surface area contributed by atoms with Crippen molar-refractivity contribution in [2.24, 2.45) is 0 Å². The molecule has 1 aromatic carbocycles. The van der Waals surface area contributed by atoms with E-state index in [2.05, 4.69) is 4.74 Å². The molecule has 0 amide bonds. The Morgan fingerprint density at radius 2 is 1.95 bits per heavy atom. The molecule has 0 aliphatic rings. The van der Waals surface area contributed by atoms with Gasteiger partial charge in [0, 0.05) is 11.8 Å². The smallest absolute Gasteiger partial charge is 0.405 e. The van der Waals surface area contributed by atoms with Crippen molar-refractivity contribution in [1.82, 2.24) is 0 Å². The minimum Gasteiger partial charge on any atom is -0.405 e. The van der Waals surface area contributed by atoms with Gasteiger partial charge in [0.1, 0.15) is 16.7 Å². The third kappa shape index (κ3) is 4.63. The molecule has 0 bridgehead atoms. The summed E-state index contributed by atoms with van der Waals surface area (Å²) < 4.78 is 62.6. The van der Waals surface area contributed by atoms with Gasteiger partial charge in [-0.3, -0.25) is 0 Å². The Bertz CT molecular complexity index is 642. The van der Waals surface area contributed by atoms with E-state index in [-0.39, 0.29) is 5.56 Å². The van der Waals surface area contributed by atoms with Crippen LogP contribution in [0.4, 0.5) is 13.2 Å². The number of ether oxygens (including phenoxy) is 1. The van der Waals surface area contributed by atoms with Crippen molar-refractivity contribution in [3.8, 4) is 11.8 Å². The van der Waals surface area contributed by atoms with Gasteiger partial charge >= 0.3 is 6.36 Å². The fourth-order valence-electron chi connectivity index (χ4n) is 1.18. The zero-order valence-corrected chi connectivity index (χ0v) is 10.4. The van der Waals surface area contributed by atoms with Crippen LogP contribution in [-0.2, 0) is 9.84 Å². The zero-order valence-electron chi connectivity index (χ0n) is 9.60. The highest BCUT2D eigenvalue weighted by molar-refractivity contribution is 7.95. The Hall–Kier alpha value is -2.01. The van der Waals surface area contributed by atoms with E-state index in [0.29, 0.717) is 0 Å². The predicted molar refractivity (Wildman–Crippen MR) is 61.6 cm³/mol. The van der Waals surface area contributed by atoms with Crippen LogP contribution in [0.5, 0.6) is 5.75 Å². The quantitative estimate of drug-likeness (QED) is 0.802. The van der Waals surface area contributed by atoms with Gasteiger partial charge in [0.15, 0.2) is 9.84 Å². The summed E-state index contributed by atoms with van der Waals surface area (Å²) >= 11 is 0. The summed E-state index contributed by atoms with van der Waals surface area (Å²) in [5, 5.41) is 8.69. The molecular weight excluding hydrogens is 283 g/mol. The Morgan fingerprint density at radius 3 is 2.42 bits per heavy atom. The first-order chi connectivity index (χ1) is 8.63. The number of allylic oxidation sites excluding steroid dienone is 1. The predicted octanol–water partition coefficient (Wildman–Crippen LogP) is 2.49. The molecule has 0 spiro atoms. The number of halogens is 3. The van der Waals surface area contributed by atoms with Gasteiger partial charge < -0.3 is 4.74 Å². The van der Waals surface area contributed by atoms with Gasteiger partial charge in [-0.05, 0) is 12.1 Å². The van der Waals surface area contributed by atoms with Crippen molar-refractivity contribution >= 4 is 15.9 Å². The number of nitrogens with zero attached hydrogens (tertiary/aromatic N) is 1. The summed E-state index contributed by atoms with van der Waals surface area (Å²) in [4.78, 5) is -0.647. The number of hydrogen-bond acceptors (Lipinski definition) is 4. The number of para-hydroxylation sites is 1. The van der Waals surface area contributed by atoms with Crippen LogP contribution in [0.2, 0.25) is 0 Å². The minimum absolute atomic E-state index is 0.151. The van der Waals surface area contributed by atoms with E-state index < -0.39 is 26.9 Å². The average Bonchev–Trinajstić information content (AvgIpc) is 2.24. The molecule has 4 nitrogen and oxygen atoms in total. The lowest BCUT2D eigenvalue weighted by molar-refractivity contribution is -0.274. The highest BCUT2D eigenvalue weighted by atomic mass is 32.2. The molecule has 0 N–H and O–H groups in total. The second-order valence-electron chi connectivity index (χ2n) is 3.48. The molecule has 0 unspecified atom stereocenters. The summed E-state index contributed by atoms with van der Waals surface area (Å²) in [7, 11) is -3.81. The van der Waals surface area contributed by atoms with Gasteiger partial charge in [-0.25, -0.2) is 8.42 Å². The van der Waals surface area contributed by atoms with Gasteiger partial charge in [-0.15, -0.1) is 13.2 Å². The zero-order chi connectivity index (χ0) is 14.7. The first kappa shape index (κ1) is 15.0. The lowest BCUT2D eigenvalue weighted by atomic mass is 10.2. The molecule has 19 heavy (non-hydrogen) atoms. The van der Waals surface area contributed by atoms with E-state index in [1.807, 2.05) is 0 Å². The Balaban J connectivity index is 3.30. The topological polar surface area (TPSA) is 67.2 Å². The first-order valence-corrected chi connectivity index (χ1v) is 6.69. The second kappa shape index (κ2) is 5.32. The summed E-state index contributed by atoms with van der Waals surface area (Å²) in [5.74, 6) is -0.577.